The van der Waals surface area contributed by atoms with Crippen molar-refractivity contribution < 1.29 is 31.6 Å². The fraction of sp³-hybridized carbons (Fsp3) is 0.292. The van der Waals surface area contributed by atoms with Gasteiger partial charge in [-0.05, 0) is 104 Å². The van der Waals surface area contributed by atoms with Gasteiger partial charge in [-0.15, -0.1) is 0 Å². The molecular weight excluding hydrogens is 942 g/mol. The average molecular weight is 994 g/mol. The standard InChI is InChI=1S/C27H29ClFN5O4S2.C21H23ClFN3O/c1-17-15-33(16-20-4-9-23(29)10-5-20)12-13-34(17)25(36)11-7-21-6-8-22(28)14-24(21)32-40(37,38)26-18(2)30-27(39-26)31-19(3)35;1-15-13-25(14-16-2-7-19(23)8-3-16)10-11-26(15)21(27)9-5-17-4-6-18(22)12-20(17)24/h4-11,14,17,32H,12-13,15-16H2,1-3H3,(H,30,31,35);2-9,12,15H,10-11,13-14,24H2,1H3/b11-7+;9-5+/t17-;15-/m11/s1. The number of amides is 3. The molecule has 2 aliphatic rings. The third-order valence-corrected chi connectivity index (χ3v) is 14.5. The van der Waals surface area contributed by atoms with Gasteiger partial charge in [-0.25, -0.2) is 22.2 Å². The van der Waals surface area contributed by atoms with Crippen molar-refractivity contribution >= 4 is 90.9 Å². The van der Waals surface area contributed by atoms with E-state index in [1.807, 2.05) is 18.7 Å². The Kier molecular flexibility index (Phi) is 17.3. The molecule has 0 aliphatic carbocycles. The van der Waals surface area contributed by atoms with E-state index in [0.717, 1.165) is 47.7 Å². The number of aromatic nitrogens is 1. The van der Waals surface area contributed by atoms with Crippen molar-refractivity contribution in [1.29, 1.82) is 0 Å². The maximum atomic E-state index is 13.2. The number of piperazine rings is 2. The summed E-state index contributed by atoms with van der Waals surface area (Å²) in [6, 6.07) is 22.9. The number of thiazole rings is 1. The molecule has 0 bridgehead atoms. The summed E-state index contributed by atoms with van der Waals surface area (Å²) in [6.45, 7) is 12.3. The zero-order valence-electron chi connectivity index (χ0n) is 37.4. The highest BCUT2D eigenvalue weighted by atomic mass is 35.5. The van der Waals surface area contributed by atoms with Crippen molar-refractivity contribution in [2.45, 2.75) is 57.1 Å². The minimum absolute atomic E-state index is 0.0294. The highest BCUT2D eigenvalue weighted by molar-refractivity contribution is 7.94. The van der Waals surface area contributed by atoms with Gasteiger partial charge in [0.25, 0.3) is 10.0 Å². The molecular formula is C48H52Cl2F2N8O5S2. The molecule has 2 saturated heterocycles. The average Bonchev–Trinajstić information content (AvgIpc) is 3.64. The van der Waals surface area contributed by atoms with Crippen LogP contribution >= 0.6 is 34.5 Å². The molecule has 19 heteroatoms. The van der Waals surface area contributed by atoms with Gasteiger partial charge in [0.2, 0.25) is 17.7 Å². The second-order valence-corrected chi connectivity index (χ2v) is 20.1. The molecule has 13 nitrogen and oxygen atoms in total. The number of carbonyl (C=O) groups is 3. The van der Waals surface area contributed by atoms with Crippen molar-refractivity contribution in [2.75, 3.05) is 55.0 Å². The molecule has 0 spiro atoms. The number of aryl methyl sites for hydroxylation is 1. The number of nitrogens with zero attached hydrogens (tertiary/aromatic N) is 5. The lowest BCUT2D eigenvalue weighted by atomic mass is 10.1. The molecule has 1 aromatic heterocycles. The van der Waals surface area contributed by atoms with Crippen LogP contribution in [0.15, 0.2) is 101 Å². The topological polar surface area (TPSA) is 161 Å². The van der Waals surface area contributed by atoms with Crippen molar-refractivity contribution in [2.24, 2.45) is 0 Å². The number of carbonyl (C=O) groups excluding carboxylic acids is 3. The van der Waals surface area contributed by atoms with Crippen LogP contribution in [0, 0.1) is 18.6 Å². The maximum absolute atomic E-state index is 13.2. The number of hydrogen-bond acceptors (Lipinski definition) is 10. The van der Waals surface area contributed by atoms with Crippen molar-refractivity contribution in [3.8, 4) is 0 Å². The first kappa shape index (κ1) is 50.7. The fourth-order valence-corrected chi connectivity index (χ4v) is 10.6. The van der Waals surface area contributed by atoms with E-state index in [2.05, 4.69) is 24.8 Å². The third-order valence-electron chi connectivity index (χ3n) is 11.0. The molecule has 354 valence electrons. The van der Waals surface area contributed by atoms with Crippen LogP contribution in [-0.4, -0.2) is 102 Å². The number of nitrogens with two attached hydrogens (primary N) is 1. The van der Waals surface area contributed by atoms with E-state index in [4.69, 9.17) is 28.9 Å². The first-order valence-corrected chi connectivity index (χ1v) is 24.4. The quantitative estimate of drug-likeness (QED) is 0.0822. The summed E-state index contributed by atoms with van der Waals surface area (Å²) in [5.74, 6) is -1.09. The van der Waals surface area contributed by atoms with Crippen LogP contribution in [-0.2, 0) is 37.5 Å². The summed E-state index contributed by atoms with van der Waals surface area (Å²) in [6.07, 6.45) is 6.26. The zero-order valence-corrected chi connectivity index (χ0v) is 40.5. The molecule has 4 N–H and O–H groups in total. The van der Waals surface area contributed by atoms with Gasteiger partial charge in [0, 0.05) is 99.3 Å². The number of nitrogen functional groups attached to an aromatic ring is 1. The second kappa shape index (κ2) is 22.9. The zero-order chi connectivity index (χ0) is 48.4. The number of halogens is 4. The van der Waals surface area contributed by atoms with Gasteiger partial charge in [0.05, 0.1) is 11.4 Å². The molecule has 2 aliphatic heterocycles. The number of benzene rings is 4. The van der Waals surface area contributed by atoms with E-state index in [9.17, 15) is 31.6 Å². The van der Waals surface area contributed by atoms with Gasteiger partial charge in [-0.3, -0.25) is 28.9 Å². The van der Waals surface area contributed by atoms with Gasteiger partial charge in [0.15, 0.2) is 9.34 Å². The molecule has 2 atom stereocenters. The smallest absolute Gasteiger partial charge is 0.273 e. The summed E-state index contributed by atoms with van der Waals surface area (Å²) in [7, 11) is -4.06. The van der Waals surface area contributed by atoms with Gasteiger partial charge < -0.3 is 20.9 Å². The summed E-state index contributed by atoms with van der Waals surface area (Å²) in [5, 5.41) is 3.55. The molecule has 3 amide bonds. The van der Waals surface area contributed by atoms with Crippen LogP contribution < -0.4 is 15.8 Å². The molecule has 67 heavy (non-hydrogen) atoms. The van der Waals surface area contributed by atoms with E-state index in [-0.39, 0.29) is 62.2 Å². The molecule has 2 fully saturated rings. The lowest BCUT2D eigenvalue weighted by Gasteiger charge is -2.39. The van der Waals surface area contributed by atoms with Gasteiger partial charge in [-0.1, -0.05) is 70.9 Å². The van der Waals surface area contributed by atoms with Gasteiger partial charge >= 0.3 is 0 Å². The Balaban J connectivity index is 0.000000238. The summed E-state index contributed by atoms with van der Waals surface area (Å²) in [5.41, 5.74) is 10.2. The van der Waals surface area contributed by atoms with Crippen LogP contribution in [0.1, 0.15) is 48.7 Å². The molecule has 0 saturated carbocycles. The summed E-state index contributed by atoms with van der Waals surface area (Å²) < 4.78 is 55.1. The lowest BCUT2D eigenvalue weighted by molar-refractivity contribution is -0.131. The summed E-state index contributed by atoms with van der Waals surface area (Å²) in [4.78, 5) is 49.2. The van der Waals surface area contributed by atoms with Crippen LogP contribution in [0.25, 0.3) is 12.2 Å². The second-order valence-electron chi connectivity index (χ2n) is 16.3. The predicted molar refractivity (Wildman–Crippen MR) is 263 cm³/mol. The number of nitrogens with one attached hydrogen (secondary N) is 2. The predicted octanol–water partition coefficient (Wildman–Crippen LogP) is 8.56. The van der Waals surface area contributed by atoms with E-state index in [1.54, 1.807) is 77.7 Å². The van der Waals surface area contributed by atoms with Gasteiger partial charge in [-0.2, -0.15) is 0 Å². The van der Waals surface area contributed by atoms with E-state index in [0.29, 0.717) is 54.0 Å². The third kappa shape index (κ3) is 14.4. The molecule has 4 aromatic carbocycles. The number of hydrogen-bond donors (Lipinski definition) is 3. The fourth-order valence-electron chi connectivity index (χ4n) is 7.70. The first-order valence-electron chi connectivity index (χ1n) is 21.4. The Morgan fingerprint density at radius 3 is 1.72 bits per heavy atom. The maximum Gasteiger partial charge on any atom is 0.273 e. The normalized spacial score (nSPS) is 17.1. The highest BCUT2D eigenvalue weighted by Gasteiger charge is 2.28. The Morgan fingerprint density at radius 2 is 1.24 bits per heavy atom. The Labute approximate surface area is 403 Å². The molecule has 0 unspecified atom stereocenters. The SMILES string of the molecule is CC(=O)Nc1nc(C)c(S(=O)(=O)Nc2cc(Cl)ccc2/C=C/C(=O)N2CCN(Cc3ccc(F)cc3)C[C@H]2C)s1.C[C@@H]1CN(Cc2ccc(F)cc2)CCN1C(=O)/C=C/c1ccc(Cl)cc1N. The van der Waals surface area contributed by atoms with Crippen molar-refractivity contribution in [1.82, 2.24) is 24.6 Å². The van der Waals surface area contributed by atoms with Crippen LogP contribution in [0.3, 0.4) is 0 Å². The molecule has 0 radical (unpaired) electrons. The van der Waals surface area contributed by atoms with Crippen LogP contribution in [0.2, 0.25) is 10.0 Å². The molecule has 7 rings (SSSR count). The number of anilines is 3. The van der Waals surface area contributed by atoms with Crippen molar-refractivity contribution in [3.63, 3.8) is 0 Å². The van der Waals surface area contributed by atoms with E-state index < -0.39 is 10.0 Å². The number of sulfonamides is 1. The summed E-state index contributed by atoms with van der Waals surface area (Å²) >= 11 is 12.9. The number of rotatable bonds is 12. The molecule has 5 aromatic rings. The highest BCUT2D eigenvalue weighted by Crippen LogP contribution is 2.31. The largest absolute Gasteiger partial charge is 0.398 e. The van der Waals surface area contributed by atoms with Crippen LogP contribution in [0.5, 0.6) is 0 Å². The molecule has 3 heterocycles. The Bertz CT molecular complexity index is 2740. The van der Waals surface area contributed by atoms with E-state index in [1.165, 1.54) is 50.3 Å². The monoisotopic (exact) mass is 992 g/mol. The first-order chi connectivity index (χ1) is 31.8. The van der Waals surface area contributed by atoms with Gasteiger partial charge in [0.1, 0.15) is 11.6 Å². The van der Waals surface area contributed by atoms with E-state index >= 15 is 0 Å². The minimum Gasteiger partial charge on any atom is -0.398 e. The minimum atomic E-state index is -4.06. The Morgan fingerprint density at radius 1 is 0.761 bits per heavy atom. The van der Waals surface area contributed by atoms with Crippen LogP contribution in [0.4, 0.5) is 25.3 Å². The lowest BCUT2D eigenvalue weighted by Crippen LogP contribution is -2.53. The Hall–Kier alpha value is -5.69. The van der Waals surface area contributed by atoms with Crippen molar-refractivity contribution in [3.05, 3.63) is 147 Å².